The molecule has 3 rings (SSSR count). The van der Waals surface area contributed by atoms with Crippen LogP contribution >= 0.6 is 34.8 Å². The Kier molecular flexibility index (Phi) is 4.20. The van der Waals surface area contributed by atoms with E-state index in [4.69, 9.17) is 34.8 Å². The first-order valence-corrected chi connectivity index (χ1v) is 7.47. The minimum atomic E-state index is 0.529. The van der Waals surface area contributed by atoms with Gasteiger partial charge in [0, 0.05) is 23.3 Å². The topological polar surface area (TPSA) is 17.8 Å². The Morgan fingerprint density at radius 2 is 1.67 bits per heavy atom. The SMILES string of the molecule is Clc1ccc(Cn2cnc(-c3ccc(Cl)c(Cl)c3)c2)cc1. The highest BCUT2D eigenvalue weighted by Gasteiger charge is 2.05. The normalized spacial score (nSPS) is 10.8. The van der Waals surface area contributed by atoms with Crippen molar-refractivity contribution in [3.8, 4) is 11.3 Å². The Morgan fingerprint density at radius 1 is 0.905 bits per heavy atom. The molecule has 0 amide bonds. The second kappa shape index (κ2) is 6.10. The zero-order valence-electron chi connectivity index (χ0n) is 10.9. The van der Waals surface area contributed by atoms with Crippen molar-refractivity contribution in [2.45, 2.75) is 6.54 Å². The van der Waals surface area contributed by atoms with Crippen LogP contribution in [0.3, 0.4) is 0 Å². The molecule has 3 aromatic rings. The fraction of sp³-hybridized carbons (Fsp3) is 0.0625. The van der Waals surface area contributed by atoms with E-state index in [1.807, 2.05) is 47.2 Å². The molecular weight excluding hydrogens is 327 g/mol. The van der Waals surface area contributed by atoms with Crippen LogP contribution in [0.25, 0.3) is 11.3 Å². The van der Waals surface area contributed by atoms with Crippen molar-refractivity contribution >= 4 is 34.8 Å². The molecule has 21 heavy (non-hydrogen) atoms. The van der Waals surface area contributed by atoms with E-state index in [1.165, 1.54) is 0 Å². The molecule has 2 nitrogen and oxygen atoms in total. The molecule has 1 aromatic heterocycles. The zero-order valence-corrected chi connectivity index (χ0v) is 13.2. The van der Waals surface area contributed by atoms with Gasteiger partial charge in [-0.05, 0) is 29.8 Å². The Morgan fingerprint density at radius 3 is 2.38 bits per heavy atom. The first-order chi connectivity index (χ1) is 10.1. The van der Waals surface area contributed by atoms with Gasteiger partial charge in [-0.3, -0.25) is 0 Å². The highest BCUT2D eigenvalue weighted by molar-refractivity contribution is 6.42. The third kappa shape index (κ3) is 3.41. The molecule has 0 saturated heterocycles. The largest absolute Gasteiger partial charge is 0.332 e. The summed E-state index contributed by atoms with van der Waals surface area (Å²) >= 11 is 17.8. The summed E-state index contributed by atoms with van der Waals surface area (Å²) in [5.41, 5.74) is 2.97. The van der Waals surface area contributed by atoms with E-state index in [1.54, 1.807) is 12.4 Å². The maximum absolute atomic E-state index is 6.04. The summed E-state index contributed by atoms with van der Waals surface area (Å²) in [6, 6.07) is 13.3. The highest BCUT2D eigenvalue weighted by atomic mass is 35.5. The van der Waals surface area contributed by atoms with E-state index in [-0.39, 0.29) is 0 Å². The van der Waals surface area contributed by atoms with Gasteiger partial charge in [0.2, 0.25) is 0 Å². The Balaban J connectivity index is 1.82. The maximum Gasteiger partial charge on any atom is 0.0956 e. The maximum atomic E-state index is 6.04. The number of hydrogen-bond acceptors (Lipinski definition) is 1. The molecule has 106 valence electrons. The molecule has 0 aliphatic heterocycles. The molecular formula is C16H11Cl3N2. The summed E-state index contributed by atoms with van der Waals surface area (Å²) in [5, 5.41) is 1.81. The number of nitrogens with zero attached hydrogens (tertiary/aromatic N) is 2. The fourth-order valence-electron chi connectivity index (χ4n) is 2.05. The summed E-state index contributed by atoms with van der Waals surface area (Å²) < 4.78 is 2.01. The van der Waals surface area contributed by atoms with Crippen LogP contribution in [0.2, 0.25) is 15.1 Å². The predicted octanol–water partition coefficient (Wildman–Crippen LogP) is 5.56. The second-order valence-corrected chi connectivity index (χ2v) is 5.94. The van der Waals surface area contributed by atoms with Crippen LogP contribution in [-0.2, 0) is 6.54 Å². The summed E-state index contributed by atoms with van der Waals surface area (Å²) in [6.07, 6.45) is 3.78. The van der Waals surface area contributed by atoms with Gasteiger partial charge in [0.15, 0.2) is 0 Å². The van der Waals surface area contributed by atoms with Gasteiger partial charge in [0.25, 0.3) is 0 Å². The number of benzene rings is 2. The average molecular weight is 338 g/mol. The van der Waals surface area contributed by atoms with Gasteiger partial charge in [-0.15, -0.1) is 0 Å². The van der Waals surface area contributed by atoms with Crippen molar-refractivity contribution in [3.63, 3.8) is 0 Å². The molecule has 5 heteroatoms. The lowest BCUT2D eigenvalue weighted by Crippen LogP contribution is -1.95. The summed E-state index contributed by atoms with van der Waals surface area (Å²) in [5.74, 6) is 0. The molecule has 1 heterocycles. The second-order valence-electron chi connectivity index (χ2n) is 4.69. The van der Waals surface area contributed by atoms with Crippen molar-refractivity contribution in [2.75, 3.05) is 0 Å². The quantitative estimate of drug-likeness (QED) is 0.612. The summed E-state index contributed by atoms with van der Waals surface area (Å²) in [4.78, 5) is 4.41. The van der Waals surface area contributed by atoms with E-state index in [9.17, 15) is 0 Å². The summed E-state index contributed by atoms with van der Waals surface area (Å²) in [6.45, 7) is 0.742. The Hall–Kier alpha value is -1.48. The molecule has 0 aliphatic carbocycles. The van der Waals surface area contributed by atoms with E-state index in [0.29, 0.717) is 10.0 Å². The lowest BCUT2D eigenvalue weighted by atomic mass is 10.2. The Labute approximate surface area is 137 Å². The number of hydrogen-bond donors (Lipinski definition) is 0. The van der Waals surface area contributed by atoms with Gasteiger partial charge < -0.3 is 4.57 Å². The third-order valence-electron chi connectivity index (χ3n) is 3.13. The predicted molar refractivity (Wildman–Crippen MR) is 88.2 cm³/mol. The molecule has 0 aliphatic rings. The van der Waals surface area contributed by atoms with Crippen molar-refractivity contribution in [3.05, 3.63) is 75.6 Å². The molecule has 2 aromatic carbocycles. The Bertz CT molecular complexity index is 763. The van der Waals surface area contributed by atoms with Crippen molar-refractivity contribution in [1.82, 2.24) is 9.55 Å². The first kappa shape index (κ1) is 14.5. The molecule has 0 fully saturated rings. The minimum absolute atomic E-state index is 0.529. The molecule has 0 bridgehead atoms. The van der Waals surface area contributed by atoms with Crippen molar-refractivity contribution < 1.29 is 0 Å². The molecule has 0 atom stereocenters. The van der Waals surface area contributed by atoms with Gasteiger partial charge in [-0.25, -0.2) is 4.98 Å². The van der Waals surface area contributed by atoms with Crippen LogP contribution in [0.15, 0.2) is 55.0 Å². The fourth-order valence-corrected chi connectivity index (χ4v) is 2.48. The standard InChI is InChI=1S/C16H11Cl3N2/c17-13-4-1-11(2-5-13)8-21-9-16(20-10-21)12-3-6-14(18)15(19)7-12/h1-7,9-10H,8H2. The number of imidazole rings is 1. The van der Waals surface area contributed by atoms with Crippen LogP contribution < -0.4 is 0 Å². The van der Waals surface area contributed by atoms with Crippen LogP contribution in [-0.4, -0.2) is 9.55 Å². The minimum Gasteiger partial charge on any atom is -0.332 e. The van der Waals surface area contributed by atoms with Gasteiger partial charge in [-0.2, -0.15) is 0 Å². The zero-order chi connectivity index (χ0) is 14.8. The number of aromatic nitrogens is 2. The van der Waals surface area contributed by atoms with E-state index < -0.39 is 0 Å². The molecule has 0 radical (unpaired) electrons. The van der Waals surface area contributed by atoms with Gasteiger partial charge in [-0.1, -0.05) is 53.0 Å². The first-order valence-electron chi connectivity index (χ1n) is 6.33. The van der Waals surface area contributed by atoms with Gasteiger partial charge in [0.05, 0.1) is 22.1 Å². The highest BCUT2D eigenvalue weighted by Crippen LogP contribution is 2.27. The van der Waals surface area contributed by atoms with Gasteiger partial charge in [0.1, 0.15) is 0 Å². The van der Waals surface area contributed by atoms with Crippen LogP contribution in [0.1, 0.15) is 5.56 Å². The number of rotatable bonds is 3. The molecule has 0 saturated carbocycles. The van der Waals surface area contributed by atoms with E-state index in [0.717, 1.165) is 28.4 Å². The van der Waals surface area contributed by atoms with E-state index >= 15 is 0 Å². The third-order valence-corrected chi connectivity index (χ3v) is 4.12. The smallest absolute Gasteiger partial charge is 0.0956 e. The molecule has 0 unspecified atom stereocenters. The average Bonchev–Trinajstić information content (AvgIpc) is 2.93. The van der Waals surface area contributed by atoms with Crippen LogP contribution in [0.5, 0.6) is 0 Å². The lowest BCUT2D eigenvalue weighted by molar-refractivity contribution is 0.797. The monoisotopic (exact) mass is 336 g/mol. The van der Waals surface area contributed by atoms with Crippen molar-refractivity contribution in [1.29, 1.82) is 0 Å². The van der Waals surface area contributed by atoms with Gasteiger partial charge >= 0.3 is 0 Å². The van der Waals surface area contributed by atoms with Crippen molar-refractivity contribution in [2.24, 2.45) is 0 Å². The summed E-state index contributed by atoms with van der Waals surface area (Å²) in [7, 11) is 0. The molecule has 0 N–H and O–H groups in total. The van der Waals surface area contributed by atoms with Crippen LogP contribution in [0, 0.1) is 0 Å². The number of halogens is 3. The molecule has 0 spiro atoms. The van der Waals surface area contributed by atoms with Crippen LogP contribution in [0.4, 0.5) is 0 Å². The lowest BCUT2D eigenvalue weighted by Gasteiger charge is -2.02. The van der Waals surface area contributed by atoms with E-state index in [2.05, 4.69) is 4.98 Å².